The highest BCUT2D eigenvalue weighted by atomic mass is 35.5. The van der Waals surface area contributed by atoms with Gasteiger partial charge in [-0.3, -0.25) is 9.35 Å². The number of ether oxygens (including phenoxy) is 1. The summed E-state index contributed by atoms with van der Waals surface area (Å²) in [7, 11) is 3.86. The standard InChI is InChI=1S/C29H33ClF2N8O2.CH4O3S/c1-8-25(41)34-22-13-23(28(42-16(2)3)37-27(22)39(6)10-9-38(4)5)35-29-33-14-19(30)26(36-29)18-15-40(7)24-12-21(32)20(31)11-17(18)24;1-5(2,3)4/h8,11-16H,1,9-10H2,2-7H3,(H,34,41)(H,33,35,36);1H3,(H,2,3,4). The Hall–Kier alpha value is -4.38. The predicted molar refractivity (Wildman–Crippen MR) is 180 cm³/mol. The Bertz CT molecular complexity index is 1880. The zero-order valence-electron chi connectivity index (χ0n) is 27.0. The van der Waals surface area contributed by atoms with Crippen LogP contribution in [0, 0.1) is 11.6 Å². The molecule has 0 atom stereocenters. The van der Waals surface area contributed by atoms with E-state index in [0.29, 0.717) is 52.2 Å². The summed E-state index contributed by atoms with van der Waals surface area (Å²) in [5.74, 6) is -1.45. The second kappa shape index (κ2) is 15.5. The monoisotopic (exact) mass is 694 g/mol. The van der Waals surface area contributed by atoms with Gasteiger partial charge in [0.2, 0.25) is 17.7 Å². The lowest BCUT2D eigenvalue weighted by Crippen LogP contribution is -2.30. The maximum atomic E-state index is 14.2. The van der Waals surface area contributed by atoms with Crippen molar-refractivity contribution in [2.24, 2.45) is 7.05 Å². The van der Waals surface area contributed by atoms with Crippen LogP contribution in [0.25, 0.3) is 22.2 Å². The Morgan fingerprint density at radius 3 is 2.38 bits per heavy atom. The number of rotatable bonds is 11. The van der Waals surface area contributed by atoms with Crippen LogP contribution in [0.5, 0.6) is 5.88 Å². The molecule has 3 N–H and O–H groups in total. The van der Waals surface area contributed by atoms with Crippen LogP contribution in [0.3, 0.4) is 0 Å². The van der Waals surface area contributed by atoms with E-state index in [4.69, 9.17) is 25.9 Å². The molecule has 254 valence electrons. The van der Waals surface area contributed by atoms with E-state index in [-0.39, 0.29) is 23.0 Å². The smallest absolute Gasteiger partial charge is 0.261 e. The Balaban J connectivity index is 0.00000111. The molecular weight excluding hydrogens is 658 g/mol. The molecule has 1 aromatic carbocycles. The molecule has 0 saturated heterocycles. The van der Waals surface area contributed by atoms with Crippen LogP contribution >= 0.6 is 11.6 Å². The first-order chi connectivity index (χ1) is 21.9. The number of fused-ring (bicyclic) bond motifs is 1. The molecule has 0 unspecified atom stereocenters. The first kappa shape index (κ1) is 37.1. The fraction of sp³-hybridized carbons (Fsp3) is 0.333. The molecular formula is C30H37ClF2N8O5S. The van der Waals surface area contributed by atoms with Gasteiger partial charge in [0.25, 0.3) is 10.1 Å². The third kappa shape index (κ3) is 10.3. The largest absolute Gasteiger partial charge is 0.473 e. The van der Waals surface area contributed by atoms with Crippen LogP contribution in [-0.4, -0.2) is 89.9 Å². The minimum absolute atomic E-state index is 0.138. The van der Waals surface area contributed by atoms with Crippen molar-refractivity contribution < 1.29 is 31.3 Å². The molecule has 0 bridgehead atoms. The Labute approximate surface area is 277 Å². The molecule has 1 amide bonds. The minimum atomic E-state index is -3.67. The van der Waals surface area contributed by atoms with Gasteiger partial charge in [0.15, 0.2) is 17.5 Å². The van der Waals surface area contributed by atoms with Gasteiger partial charge in [0.05, 0.1) is 40.5 Å². The summed E-state index contributed by atoms with van der Waals surface area (Å²) < 4.78 is 61.7. The molecule has 0 saturated carbocycles. The number of nitrogens with zero attached hydrogens (tertiary/aromatic N) is 6. The number of halogens is 3. The van der Waals surface area contributed by atoms with E-state index < -0.39 is 27.7 Å². The van der Waals surface area contributed by atoms with Gasteiger partial charge in [0, 0.05) is 50.4 Å². The highest BCUT2D eigenvalue weighted by Gasteiger charge is 2.21. The lowest BCUT2D eigenvalue weighted by Gasteiger charge is -2.25. The first-order valence-electron chi connectivity index (χ1n) is 14.0. The van der Waals surface area contributed by atoms with Crippen LogP contribution in [0.4, 0.5) is 31.9 Å². The molecule has 0 fully saturated rings. The number of nitrogens with one attached hydrogen (secondary N) is 2. The molecule has 3 heterocycles. The fourth-order valence-electron chi connectivity index (χ4n) is 4.21. The minimum Gasteiger partial charge on any atom is -0.473 e. The molecule has 0 radical (unpaired) electrons. The molecule has 17 heteroatoms. The van der Waals surface area contributed by atoms with Gasteiger partial charge in [-0.1, -0.05) is 18.2 Å². The summed E-state index contributed by atoms with van der Waals surface area (Å²) in [6.45, 7) is 8.66. The van der Waals surface area contributed by atoms with Crippen molar-refractivity contribution in [2.75, 3.05) is 56.0 Å². The number of hydrogen-bond donors (Lipinski definition) is 3. The number of aromatic nitrogens is 4. The molecule has 13 nitrogen and oxygen atoms in total. The number of likely N-dealkylation sites (N-methyl/N-ethyl adjacent to an activating group) is 2. The summed E-state index contributed by atoms with van der Waals surface area (Å²) in [5.41, 5.74) is 2.08. The van der Waals surface area contributed by atoms with Crippen LogP contribution in [0.1, 0.15) is 13.8 Å². The van der Waals surface area contributed by atoms with Crippen molar-refractivity contribution in [2.45, 2.75) is 20.0 Å². The Morgan fingerprint density at radius 2 is 1.79 bits per heavy atom. The van der Waals surface area contributed by atoms with E-state index in [1.165, 1.54) is 12.3 Å². The number of carbonyl (C=O) groups is 1. The number of anilines is 4. The van der Waals surface area contributed by atoms with Crippen molar-refractivity contribution in [3.05, 3.63) is 59.9 Å². The van der Waals surface area contributed by atoms with Gasteiger partial charge < -0.3 is 29.7 Å². The Morgan fingerprint density at radius 1 is 1.15 bits per heavy atom. The molecule has 3 aromatic heterocycles. The average Bonchev–Trinajstić information content (AvgIpc) is 3.27. The van der Waals surface area contributed by atoms with E-state index in [0.717, 1.165) is 18.7 Å². The molecule has 4 aromatic rings. The Kier molecular flexibility index (Phi) is 12.2. The molecule has 0 spiro atoms. The summed E-state index contributed by atoms with van der Waals surface area (Å²) in [4.78, 5) is 29.9. The van der Waals surface area contributed by atoms with Crippen LogP contribution in [-0.2, 0) is 22.0 Å². The van der Waals surface area contributed by atoms with Crippen LogP contribution in [0.2, 0.25) is 5.02 Å². The molecule has 47 heavy (non-hydrogen) atoms. The van der Waals surface area contributed by atoms with E-state index in [1.807, 2.05) is 44.8 Å². The summed E-state index contributed by atoms with van der Waals surface area (Å²) in [6.07, 6.45) is 4.76. The van der Waals surface area contributed by atoms with Crippen LogP contribution < -0.4 is 20.3 Å². The number of pyridine rings is 1. The highest BCUT2D eigenvalue weighted by Crippen LogP contribution is 2.37. The molecule has 0 aliphatic heterocycles. The zero-order chi connectivity index (χ0) is 35.2. The number of hydrogen-bond acceptors (Lipinski definition) is 10. The SMILES string of the molecule is C=CC(=O)Nc1cc(Nc2ncc(Cl)c(-c3cn(C)c4cc(F)c(F)cc34)n2)c(OC(C)C)nc1N(C)CCN(C)C.CS(=O)(=O)O. The predicted octanol–water partition coefficient (Wildman–Crippen LogP) is 5.12. The first-order valence-corrected chi connectivity index (χ1v) is 16.3. The molecule has 0 aliphatic rings. The van der Waals surface area contributed by atoms with Gasteiger partial charge in [-0.2, -0.15) is 13.4 Å². The molecule has 0 aliphatic carbocycles. The van der Waals surface area contributed by atoms with Gasteiger partial charge in [-0.25, -0.2) is 18.7 Å². The van der Waals surface area contributed by atoms with Crippen molar-refractivity contribution in [3.8, 4) is 17.1 Å². The van der Waals surface area contributed by atoms with Crippen molar-refractivity contribution in [1.29, 1.82) is 0 Å². The van der Waals surface area contributed by atoms with Gasteiger partial charge in [-0.05, 0) is 46.2 Å². The maximum absolute atomic E-state index is 14.2. The third-order valence-corrected chi connectivity index (χ3v) is 6.56. The van der Waals surface area contributed by atoms with Crippen LogP contribution in [0.15, 0.2) is 43.2 Å². The van der Waals surface area contributed by atoms with E-state index >= 15 is 0 Å². The van der Waals surface area contributed by atoms with Gasteiger partial charge in [0.1, 0.15) is 5.69 Å². The molecule has 4 rings (SSSR count). The number of amides is 1. The zero-order valence-corrected chi connectivity index (χ0v) is 28.5. The van der Waals surface area contributed by atoms with Crippen molar-refractivity contribution in [1.82, 2.24) is 24.4 Å². The second-order valence-electron chi connectivity index (χ2n) is 11.0. The van der Waals surface area contributed by atoms with E-state index in [9.17, 15) is 22.0 Å². The lowest BCUT2D eigenvalue weighted by atomic mass is 10.1. The quantitative estimate of drug-likeness (QED) is 0.142. The second-order valence-corrected chi connectivity index (χ2v) is 12.9. The van der Waals surface area contributed by atoms with Crippen molar-refractivity contribution >= 4 is 61.7 Å². The number of aryl methyl sites for hydroxylation is 1. The summed E-state index contributed by atoms with van der Waals surface area (Å²) >= 11 is 6.49. The lowest BCUT2D eigenvalue weighted by molar-refractivity contribution is -0.111. The van der Waals surface area contributed by atoms with E-state index in [2.05, 4.69) is 27.2 Å². The topological polar surface area (TPSA) is 155 Å². The summed E-state index contributed by atoms with van der Waals surface area (Å²) in [6, 6.07) is 3.92. The average molecular weight is 695 g/mol. The third-order valence-electron chi connectivity index (χ3n) is 6.28. The van der Waals surface area contributed by atoms with Crippen molar-refractivity contribution in [3.63, 3.8) is 0 Å². The highest BCUT2D eigenvalue weighted by molar-refractivity contribution is 7.85. The number of benzene rings is 1. The maximum Gasteiger partial charge on any atom is 0.261 e. The van der Waals surface area contributed by atoms with Gasteiger partial charge in [-0.15, -0.1) is 0 Å². The van der Waals surface area contributed by atoms with E-state index in [1.54, 1.807) is 23.9 Å². The summed E-state index contributed by atoms with van der Waals surface area (Å²) in [5, 5.41) is 6.59. The fourth-order valence-corrected chi connectivity index (χ4v) is 4.41. The van der Waals surface area contributed by atoms with Gasteiger partial charge >= 0.3 is 0 Å². The number of carbonyl (C=O) groups excluding carboxylic acids is 1. The normalized spacial score (nSPS) is 11.3.